The molecule has 128 valence electrons. The zero-order chi connectivity index (χ0) is 17.8. The van der Waals surface area contributed by atoms with E-state index >= 15 is 0 Å². The summed E-state index contributed by atoms with van der Waals surface area (Å²) in [7, 11) is 0. The Morgan fingerprint density at radius 3 is 2.73 bits per heavy atom. The monoisotopic (exact) mass is 363 g/mol. The van der Waals surface area contributed by atoms with Crippen molar-refractivity contribution < 1.29 is 9.53 Å². The van der Waals surface area contributed by atoms with Crippen LogP contribution in [0.2, 0.25) is 0 Å². The van der Waals surface area contributed by atoms with Crippen molar-refractivity contribution in [2.45, 2.75) is 13.0 Å². The molecule has 3 heterocycles. The molecule has 6 nitrogen and oxygen atoms in total. The lowest BCUT2D eigenvalue weighted by Gasteiger charge is -2.08. The Kier molecular flexibility index (Phi) is 3.14. The van der Waals surface area contributed by atoms with E-state index in [0.29, 0.717) is 27.5 Å². The second kappa shape index (κ2) is 5.40. The fraction of sp³-hybridized carbons (Fsp3) is 0.105. The lowest BCUT2D eigenvalue weighted by molar-refractivity contribution is 0.0453. The van der Waals surface area contributed by atoms with Crippen molar-refractivity contribution in [3.8, 4) is 5.13 Å². The molecule has 7 heteroatoms. The van der Waals surface area contributed by atoms with Crippen LogP contribution in [0.5, 0.6) is 0 Å². The van der Waals surface area contributed by atoms with Crippen molar-refractivity contribution in [1.82, 2.24) is 14.8 Å². The molecule has 0 radical (unpaired) electrons. The van der Waals surface area contributed by atoms with E-state index in [4.69, 9.17) is 4.74 Å². The molecule has 1 atom stereocenters. The van der Waals surface area contributed by atoms with Crippen molar-refractivity contribution in [2.24, 2.45) is 0 Å². The van der Waals surface area contributed by atoms with Crippen molar-refractivity contribution in [3.05, 3.63) is 81.3 Å². The van der Waals surface area contributed by atoms with E-state index in [1.807, 2.05) is 36.4 Å². The van der Waals surface area contributed by atoms with Crippen LogP contribution in [0, 0.1) is 6.92 Å². The zero-order valence-electron chi connectivity index (χ0n) is 13.7. The van der Waals surface area contributed by atoms with Gasteiger partial charge in [0.1, 0.15) is 0 Å². The first kappa shape index (κ1) is 15.1. The third kappa shape index (κ3) is 2.07. The maximum atomic E-state index is 13.1. The van der Waals surface area contributed by atoms with Gasteiger partial charge in [-0.1, -0.05) is 41.7 Å². The number of H-pyrrole nitrogens is 1. The van der Waals surface area contributed by atoms with Crippen molar-refractivity contribution in [2.75, 3.05) is 0 Å². The second-order valence-electron chi connectivity index (χ2n) is 6.13. The molecular formula is C19H13N3O3S. The van der Waals surface area contributed by atoms with Crippen LogP contribution < -0.4 is 5.56 Å². The average molecular weight is 363 g/mol. The van der Waals surface area contributed by atoms with Gasteiger partial charge in [-0.25, -0.2) is 9.78 Å². The number of para-hydroxylation sites is 1. The molecule has 1 aliphatic heterocycles. The average Bonchev–Trinajstić information content (AvgIpc) is 3.29. The van der Waals surface area contributed by atoms with Gasteiger partial charge in [-0.05, 0) is 25.1 Å². The number of rotatable bonds is 2. The summed E-state index contributed by atoms with van der Waals surface area (Å²) in [4.78, 5) is 29.7. The Bertz CT molecular complexity index is 1200. The molecule has 0 saturated carbocycles. The van der Waals surface area contributed by atoms with Crippen LogP contribution in [0.1, 0.15) is 33.3 Å². The number of nitrogens with one attached hydrogen (secondary N) is 1. The number of ether oxygens (including phenoxy) is 1. The number of hydrogen-bond donors (Lipinski definition) is 1. The van der Waals surface area contributed by atoms with E-state index < -0.39 is 12.1 Å². The number of carbonyl (C=O) groups excluding carboxylic acids is 1. The van der Waals surface area contributed by atoms with Crippen LogP contribution in [-0.2, 0) is 4.74 Å². The number of hydrogen-bond acceptors (Lipinski definition) is 5. The van der Waals surface area contributed by atoms with Gasteiger partial charge in [-0.3, -0.25) is 9.89 Å². The predicted octanol–water partition coefficient (Wildman–Crippen LogP) is 3.34. The van der Waals surface area contributed by atoms with E-state index in [9.17, 15) is 9.59 Å². The number of benzene rings is 2. The van der Waals surface area contributed by atoms with Crippen LogP contribution in [0.15, 0.2) is 53.3 Å². The van der Waals surface area contributed by atoms with Crippen LogP contribution in [0.4, 0.5) is 0 Å². The van der Waals surface area contributed by atoms with Gasteiger partial charge in [0.2, 0.25) is 5.13 Å². The largest absolute Gasteiger partial charge is 0.449 e. The van der Waals surface area contributed by atoms with E-state index in [-0.39, 0.29) is 5.56 Å². The molecule has 0 amide bonds. The molecule has 0 saturated heterocycles. The SMILES string of the molecule is Cc1[nH]n(-c2nc3ccccc3s2)c(=O)c1[C@H]1OC(=O)c2ccccc21. The van der Waals surface area contributed by atoms with E-state index in [2.05, 4.69) is 10.1 Å². The minimum atomic E-state index is -0.696. The molecule has 4 aromatic rings. The number of carbonyl (C=O) groups is 1. The van der Waals surface area contributed by atoms with E-state index in [1.54, 1.807) is 19.1 Å². The molecule has 0 bridgehead atoms. The quantitative estimate of drug-likeness (QED) is 0.554. The van der Waals surface area contributed by atoms with Crippen LogP contribution in [0.25, 0.3) is 15.3 Å². The number of aromatic amines is 1. The smallest absolute Gasteiger partial charge is 0.339 e. The number of esters is 1. The highest BCUT2D eigenvalue weighted by atomic mass is 32.1. The van der Waals surface area contributed by atoms with Gasteiger partial charge in [0.15, 0.2) is 6.10 Å². The molecule has 0 spiro atoms. The van der Waals surface area contributed by atoms with Crippen LogP contribution in [0.3, 0.4) is 0 Å². The first-order valence-corrected chi connectivity index (χ1v) is 8.92. The summed E-state index contributed by atoms with van der Waals surface area (Å²) in [5.74, 6) is -0.405. The molecule has 1 aliphatic rings. The van der Waals surface area contributed by atoms with Crippen molar-refractivity contribution >= 4 is 27.5 Å². The lowest BCUT2D eigenvalue weighted by Crippen LogP contribution is -2.20. The second-order valence-corrected chi connectivity index (χ2v) is 7.14. The highest BCUT2D eigenvalue weighted by Gasteiger charge is 2.36. The first-order chi connectivity index (χ1) is 12.6. The maximum absolute atomic E-state index is 13.1. The highest BCUT2D eigenvalue weighted by Crippen LogP contribution is 2.35. The standard InChI is InChI=1S/C19H13N3O3S/c1-10-15(16-11-6-2-3-7-12(11)18(24)25-16)17(23)22(21-10)19-20-13-8-4-5-9-14(13)26-19/h2-9,16,21H,1H3/t16-/m0/s1. The molecule has 2 aromatic heterocycles. The molecular weight excluding hydrogens is 350 g/mol. The summed E-state index contributed by atoms with van der Waals surface area (Å²) < 4.78 is 7.92. The van der Waals surface area contributed by atoms with Gasteiger partial charge < -0.3 is 4.74 Å². The van der Waals surface area contributed by atoms with Crippen molar-refractivity contribution in [1.29, 1.82) is 0 Å². The molecule has 2 aromatic carbocycles. The van der Waals surface area contributed by atoms with Gasteiger partial charge >= 0.3 is 5.97 Å². The summed E-state index contributed by atoms with van der Waals surface area (Å²) in [6.45, 7) is 1.80. The van der Waals surface area contributed by atoms with Gasteiger partial charge in [-0.2, -0.15) is 4.68 Å². The Labute approximate surface area is 151 Å². The van der Waals surface area contributed by atoms with Crippen molar-refractivity contribution in [3.63, 3.8) is 0 Å². The number of nitrogens with zero attached hydrogens (tertiary/aromatic N) is 2. The highest BCUT2D eigenvalue weighted by molar-refractivity contribution is 7.20. The summed E-state index contributed by atoms with van der Waals surface area (Å²) >= 11 is 1.43. The molecule has 0 fully saturated rings. The van der Waals surface area contributed by atoms with Gasteiger partial charge in [0.25, 0.3) is 5.56 Å². The number of aromatic nitrogens is 3. The Balaban J connectivity index is 1.67. The third-order valence-electron chi connectivity index (χ3n) is 4.54. The van der Waals surface area contributed by atoms with Crippen LogP contribution >= 0.6 is 11.3 Å². The normalized spacial score (nSPS) is 16.0. The number of aryl methyl sites for hydroxylation is 1. The van der Waals surface area contributed by atoms with Gasteiger partial charge in [0, 0.05) is 11.3 Å². The van der Waals surface area contributed by atoms with Gasteiger partial charge in [-0.15, -0.1) is 0 Å². The fourth-order valence-corrected chi connectivity index (χ4v) is 4.24. The summed E-state index contributed by atoms with van der Waals surface area (Å²) in [6.07, 6.45) is -0.696. The predicted molar refractivity (Wildman–Crippen MR) is 98.0 cm³/mol. The Morgan fingerprint density at radius 1 is 1.12 bits per heavy atom. The first-order valence-electron chi connectivity index (χ1n) is 8.11. The zero-order valence-corrected chi connectivity index (χ0v) is 14.5. The molecule has 26 heavy (non-hydrogen) atoms. The Morgan fingerprint density at radius 2 is 1.88 bits per heavy atom. The fourth-order valence-electron chi connectivity index (χ4n) is 3.32. The van der Waals surface area contributed by atoms with Gasteiger partial charge in [0.05, 0.1) is 21.3 Å². The third-order valence-corrected chi connectivity index (χ3v) is 5.56. The number of thiazole rings is 1. The van der Waals surface area contributed by atoms with Crippen LogP contribution in [-0.4, -0.2) is 20.7 Å². The molecule has 0 unspecified atom stereocenters. The Hall–Kier alpha value is -3.19. The minimum Gasteiger partial charge on any atom is -0.449 e. The molecule has 0 aliphatic carbocycles. The minimum absolute atomic E-state index is 0.254. The molecule has 5 rings (SSSR count). The topological polar surface area (TPSA) is 77.0 Å². The number of fused-ring (bicyclic) bond motifs is 2. The summed E-state index contributed by atoms with van der Waals surface area (Å²) in [5, 5.41) is 3.63. The van der Waals surface area contributed by atoms with E-state index in [1.165, 1.54) is 16.0 Å². The summed E-state index contributed by atoms with van der Waals surface area (Å²) in [5.41, 5.74) is 2.89. The summed E-state index contributed by atoms with van der Waals surface area (Å²) in [6, 6.07) is 14.9. The lowest BCUT2D eigenvalue weighted by atomic mass is 10.00. The number of cyclic esters (lactones) is 1. The maximum Gasteiger partial charge on any atom is 0.339 e. The molecule has 1 N–H and O–H groups in total. The van der Waals surface area contributed by atoms with E-state index in [0.717, 1.165) is 10.2 Å².